The van der Waals surface area contributed by atoms with Crippen LogP contribution in [0.25, 0.3) is 0 Å². The third-order valence-corrected chi connectivity index (χ3v) is 4.31. The first-order valence-electron chi connectivity index (χ1n) is 6.80. The summed E-state index contributed by atoms with van der Waals surface area (Å²) < 4.78 is 0. The Bertz CT molecular complexity index is 517. The van der Waals surface area contributed by atoms with E-state index in [0.29, 0.717) is 17.1 Å². The quantitative estimate of drug-likeness (QED) is 0.648. The number of benzene rings is 1. The first-order valence-corrected chi connectivity index (χ1v) is 8.16. The van der Waals surface area contributed by atoms with E-state index in [1.54, 1.807) is 17.8 Å². The lowest BCUT2D eigenvalue weighted by molar-refractivity contribution is 0.0953. The molecule has 3 nitrogen and oxygen atoms in total. The van der Waals surface area contributed by atoms with Crippen LogP contribution in [-0.4, -0.2) is 31.3 Å². The molecule has 2 rings (SSSR count). The first-order chi connectivity index (χ1) is 9.70. The van der Waals surface area contributed by atoms with Gasteiger partial charge in [-0.25, -0.2) is 0 Å². The molecule has 2 N–H and O–H groups in total. The monoisotopic (exact) mass is 310 g/mol. The Kier molecular flexibility index (Phi) is 5.95. The predicted octanol–water partition coefficient (Wildman–Crippen LogP) is 3.10. The Hall–Kier alpha value is -0.970. The molecule has 108 valence electrons. The maximum absolute atomic E-state index is 12.3. The van der Waals surface area contributed by atoms with E-state index in [1.807, 2.05) is 12.1 Å². The van der Waals surface area contributed by atoms with Crippen molar-refractivity contribution < 1.29 is 4.79 Å². The predicted molar refractivity (Wildman–Crippen MR) is 85.8 cm³/mol. The SMILES string of the molecule is CCSc1ccc(Cl)cc1C(=O)NCC1=CCNCC1. The average Bonchev–Trinajstić information content (AvgIpc) is 2.48. The molecule has 0 aromatic heterocycles. The molecular weight excluding hydrogens is 292 g/mol. The molecule has 1 aromatic rings. The summed E-state index contributed by atoms with van der Waals surface area (Å²) in [7, 11) is 0. The lowest BCUT2D eigenvalue weighted by Gasteiger charge is -2.15. The molecule has 0 aliphatic carbocycles. The summed E-state index contributed by atoms with van der Waals surface area (Å²) in [6.45, 7) is 4.55. The minimum atomic E-state index is -0.0529. The molecule has 0 radical (unpaired) electrons. The van der Waals surface area contributed by atoms with Crippen molar-refractivity contribution in [3.05, 3.63) is 40.4 Å². The Morgan fingerprint density at radius 1 is 1.50 bits per heavy atom. The van der Waals surface area contributed by atoms with Crippen LogP contribution in [0.4, 0.5) is 0 Å². The maximum Gasteiger partial charge on any atom is 0.252 e. The summed E-state index contributed by atoms with van der Waals surface area (Å²) in [6, 6.07) is 5.48. The van der Waals surface area contributed by atoms with Gasteiger partial charge in [-0.2, -0.15) is 0 Å². The topological polar surface area (TPSA) is 41.1 Å². The van der Waals surface area contributed by atoms with Gasteiger partial charge in [-0.05, 0) is 36.9 Å². The fourth-order valence-corrected chi connectivity index (χ4v) is 3.03. The highest BCUT2D eigenvalue weighted by Crippen LogP contribution is 2.25. The zero-order chi connectivity index (χ0) is 14.4. The van der Waals surface area contributed by atoms with Crippen molar-refractivity contribution in [3.63, 3.8) is 0 Å². The van der Waals surface area contributed by atoms with Crippen LogP contribution in [0.2, 0.25) is 5.02 Å². The Balaban J connectivity index is 2.04. The van der Waals surface area contributed by atoms with Crippen molar-refractivity contribution in [1.82, 2.24) is 10.6 Å². The average molecular weight is 311 g/mol. The van der Waals surface area contributed by atoms with Gasteiger partial charge in [0, 0.05) is 23.0 Å². The number of carbonyl (C=O) groups is 1. The first kappa shape index (κ1) is 15.4. The van der Waals surface area contributed by atoms with Crippen LogP contribution in [0.3, 0.4) is 0 Å². The third-order valence-electron chi connectivity index (χ3n) is 3.12. The molecule has 1 aliphatic rings. The molecule has 20 heavy (non-hydrogen) atoms. The van der Waals surface area contributed by atoms with Gasteiger partial charge in [0.05, 0.1) is 5.56 Å². The fourth-order valence-electron chi connectivity index (χ4n) is 2.08. The van der Waals surface area contributed by atoms with E-state index in [1.165, 1.54) is 5.57 Å². The van der Waals surface area contributed by atoms with Gasteiger partial charge in [-0.1, -0.05) is 30.2 Å². The second-order valence-corrected chi connectivity index (χ2v) is 6.31. The molecule has 1 heterocycles. The maximum atomic E-state index is 12.3. The second-order valence-electron chi connectivity index (χ2n) is 4.57. The minimum absolute atomic E-state index is 0.0529. The minimum Gasteiger partial charge on any atom is -0.348 e. The van der Waals surface area contributed by atoms with Gasteiger partial charge in [0.1, 0.15) is 0 Å². The van der Waals surface area contributed by atoms with Crippen molar-refractivity contribution in [1.29, 1.82) is 0 Å². The Morgan fingerprint density at radius 3 is 3.05 bits per heavy atom. The summed E-state index contributed by atoms with van der Waals surface area (Å²) in [5.74, 6) is 0.876. The lowest BCUT2D eigenvalue weighted by atomic mass is 10.1. The van der Waals surface area contributed by atoms with Crippen molar-refractivity contribution in [2.24, 2.45) is 0 Å². The highest BCUT2D eigenvalue weighted by molar-refractivity contribution is 7.99. The van der Waals surface area contributed by atoms with Crippen LogP contribution < -0.4 is 10.6 Å². The van der Waals surface area contributed by atoms with Crippen LogP contribution in [0, 0.1) is 0 Å². The summed E-state index contributed by atoms with van der Waals surface area (Å²) in [6.07, 6.45) is 3.13. The van der Waals surface area contributed by atoms with Crippen molar-refractivity contribution in [2.75, 3.05) is 25.4 Å². The molecule has 0 unspecified atom stereocenters. The number of hydrogen-bond acceptors (Lipinski definition) is 3. The molecule has 5 heteroatoms. The van der Waals surface area contributed by atoms with Crippen molar-refractivity contribution >= 4 is 29.3 Å². The molecule has 1 aromatic carbocycles. The molecular formula is C15H19ClN2OS. The number of hydrogen-bond donors (Lipinski definition) is 2. The molecule has 0 atom stereocenters. The van der Waals surface area contributed by atoms with E-state index < -0.39 is 0 Å². The second kappa shape index (κ2) is 7.72. The van der Waals surface area contributed by atoms with Gasteiger partial charge in [0.15, 0.2) is 0 Å². The van der Waals surface area contributed by atoms with Crippen LogP contribution >= 0.6 is 23.4 Å². The van der Waals surface area contributed by atoms with Gasteiger partial charge < -0.3 is 10.6 Å². The highest BCUT2D eigenvalue weighted by atomic mass is 35.5. The largest absolute Gasteiger partial charge is 0.348 e. The Morgan fingerprint density at radius 2 is 2.35 bits per heavy atom. The van der Waals surface area contributed by atoms with E-state index in [9.17, 15) is 4.79 Å². The zero-order valence-electron chi connectivity index (χ0n) is 11.5. The van der Waals surface area contributed by atoms with E-state index >= 15 is 0 Å². The van der Waals surface area contributed by atoms with Crippen molar-refractivity contribution in [2.45, 2.75) is 18.2 Å². The number of rotatable bonds is 5. The number of nitrogens with one attached hydrogen (secondary N) is 2. The molecule has 0 saturated heterocycles. The number of carbonyl (C=O) groups excluding carboxylic acids is 1. The van der Waals surface area contributed by atoms with Gasteiger partial charge in [-0.15, -0.1) is 11.8 Å². The summed E-state index contributed by atoms with van der Waals surface area (Å²) >= 11 is 7.66. The molecule has 0 spiro atoms. The van der Waals surface area contributed by atoms with Gasteiger partial charge in [-0.3, -0.25) is 4.79 Å². The number of thioether (sulfide) groups is 1. The normalized spacial score (nSPS) is 14.8. The smallest absolute Gasteiger partial charge is 0.252 e. The third kappa shape index (κ3) is 4.27. The van der Waals surface area contributed by atoms with Gasteiger partial charge in [0.25, 0.3) is 5.91 Å². The summed E-state index contributed by atoms with van der Waals surface area (Å²) in [5, 5.41) is 6.84. The molecule has 0 bridgehead atoms. The van der Waals surface area contributed by atoms with Crippen LogP contribution in [0.15, 0.2) is 34.7 Å². The van der Waals surface area contributed by atoms with Gasteiger partial charge >= 0.3 is 0 Å². The molecule has 1 aliphatic heterocycles. The van der Waals surface area contributed by atoms with E-state index in [-0.39, 0.29) is 5.91 Å². The molecule has 0 saturated carbocycles. The number of amides is 1. The summed E-state index contributed by atoms with van der Waals surface area (Å²) in [5.41, 5.74) is 1.95. The van der Waals surface area contributed by atoms with Crippen molar-refractivity contribution in [3.8, 4) is 0 Å². The molecule has 1 amide bonds. The van der Waals surface area contributed by atoms with Gasteiger partial charge in [0.2, 0.25) is 0 Å². The fraction of sp³-hybridized carbons (Fsp3) is 0.400. The van der Waals surface area contributed by atoms with E-state index in [0.717, 1.165) is 30.2 Å². The standard InChI is InChI=1S/C15H19ClN2OS/c1-2-20-14-4-3-12(16)9-13(14)15(19)18-10-11-5-7-17-8-6-11/h3-5,9,17H,2,6-8,10H2,1H3,(H,18,19). The van der Waals surface area contributed by atoms with Crippen LogP contribution in [-0.2, 0) is 0 Å². The van der Waals surface area contributed by atoms with Crippen LogP contribution in [0.1, 0.15) is 23.7 Å². The molecule has 0 fully saturated rings. The highest BCUT2D eigenvalue weighted by Gasteiger charge is 2.13. The van der Waals surface area contributed by atoms with E-state index in [4.69, 9.17) is 11.6 Å². The summed E-state index contributed by atoms with van der Waals surface area (Å²) in [4.78, 5) is 13.3. The zero-order valence-corrected chi connectivity index (χ0v) is 13.1. The number of halogens is 1. The lowest BCUT2D eigenvalue weighted by Crippen LogP contribution is -2.29. The van der Waals surface area contributed by atoms with Crippen LogP contribution in [0.5, 0.6) is 0 Å². The Labute approximate surface area is 129 Å². The van der Waals surface area contributed by atoms with E-state index in [2.05, 4.69) is 23.6 Å².